The van der Waals surface area contributed by atoms with Crippen molar-refractivity contribution in [1.29, 1.82) is 0 Å². The van der Waals surface area contributed by atoms with Gasteiger partial charge in [0.2, 0.25) is 0 Å². The van der Waals surface area contributed by atoms with Crippen molar-refractivity contribution in [3.63, 3.8) is 0 Å². The average Bonchev–Trinajstić information content (AvgIpc) is 2.86. The number of rotatable bonds is 3. The summed E-state index contributed by atoms with van der Waals surface area (Å²) < 4.78 is 0. The third-order valence-electron chi connectivity index (χ3n) is 3.48. The molecule has 0 unspecified atom stereocenters. The number of fused-ring (bicyclic) bond motifs is 1. The zero-order valence-electron chi connectivity index (χ0n) is 12.4. The molecule has 21 heavy (non-hydrogen) atoms. The van der Waals surface area contributed by atoms with Gasteiger partial charge in [0.15, 0.2) is 0 Å². The molecule has 0 fully saturated rings. The summed E-state index contributed by atoms with van der Waals surface area (Å²) in [6.07, 6.45) is 1.91. The first-order chi connectivity index (χ1) is 10.0. The van der Waals surface area contributed by atoms with Gasteiger partial charge in [-0.2, -0.15) is 0 Å². The van der Waals surface area contributed by atoms with Gasteiger partial charge in [-0.15, -0.1) is 0 Å². The minimum atomic E-state index is 0.400. The van der Waals surface area contributed by atoms with Crippen LogP contribution in [-0.4, -0.2) is 9.97 Å². The van der Waals surface area contributed by atoms with Gasteiger partial charge in [0.1, 0.15) is 5.82 Å². The van der Waals surface area contributed by atoms with Gasteiger partial charge in [-0.1, -0.05) is 25.4 Å². The summed E-state index contributed by atoms with van der Waals surface area (Å²) in [5.41, 5.74) is 4.27. The van der Waals surface area contributed by atoms with E-state index in [1.54, 1.807) is 0 Å². The Bertz CT molecular complexity index is 790. The molecule has 0 saturated carbocycles. The molecule has 0 aliphatic carbocycles. The van der Waals surface area contributed by atoms with Crippen molar-refractivity contribution in [2.45, 2.75) is 26.7 Å². The molecule has 1 aromatic carbocycles. The van der Waals surface area contributed by atoms with E-state index in [9.17, 15) is 0 Å². The molecular formula is C17H18ClN3. The van der Waals surface area contributed by atoms with Crippen LogP contribution in [0.4, 0.5) is 11.5 Å². The molecule has 0 saturated heterocycles. The first kappa shape index (κ1) is 14.0. The quantitative estimate of drug-likeness (QED) is 0.680. The molecule has 4 heteroatoms. The maximum atomic E-state index is 6.18. The van der Waals surface area contributed by atoms with Gasteiger partial charge in [0.25, 0.3) is 0 Å². The van der Waals surface area contributed by atoms with Gasteiger partial charge < -0.3 is 10.3 Å². The first-order valence-electron chi connectivity index (χ1n) is 7.05. The van der Waals surface area contributed by atoms with Crippen LogP contribution in [0.15, 0.2) is 36.5 Å². The van der Waals surface area contributed by atoms with Gasteiger partial charge in [-0.25, -0.2) is 4.98 Å². The summed E-state index contributed by atoms with van der Waals surface area (Å²) in [6, 6.07) is 10.1. The van der Waals surface area contributed by atoms with Crippen LogP contribution in [0.2, 0.25) is 5.02 Å². The third-order valence-corrected chi connectivity index (χ3v) is 3.70. The Balaban J connectivity index is 2.04. The van der Waals surface area contributed by atoms with Crippen molar-refractivity contribution in [3.8, 4) is 0 Å². The summed E-state index contributed by atoms with van der Waals surface area (Å²) in [4.78, 5) is 7.87. The second-order valence-electron chi connectivity index (χ2n) is 5.63. The number of pyridine rings is 1. The number of aromatic nitrogens is 2. The Hall–Kier alpha value is -2.00. The molecule has 3 nitrogen and oxygen atoms in total. The summed E-state index contributed by atoms with van der Waals surface area (Å²) >= 11 is 6.18. The molecule has 0 atom stereocenters. The highest BCUT2D eigenvalue weighted by molar-refractivity contribution is 6.31. The van der Waals surface area contributed by atoms with Crippen molar-refractivity contribution in [2.75, 3.05) is 5.32 Å². The molecular weight excluding hydrogens is 282 g/mol. The van der Waals surface area contributed by atoms with Crippen LogP contribution in [0.25, 0.3) is 10.9 Å². The number of nitrogens with zero attached hydrogens (tertiary/aromatic N) is 1. The second-order valence-corrected chi connectivity index (χ2v) is 6.06. The Morgan fingerprint density at radius 3 is 2.76 bits per heavy atom. The summed E-state index contributed by atoms with van der Waals surface area (Å²) in [7, 11) is 0. The minimum absolute atomic E-state index is 0.400. The van der Waals surface area contributed by atoms with Crippen LogP contribution in [0.5, 0.6) is 0 Å². The summed E-state index contributed by atoms with van der Waals surface area (Å²) in [5, 5.41) is 5.20. The van der Waals surface area contributed by atoms with Gasteiger partial charge in [-0.05, 0) is 48.7 Å². The Morgan fingerprint density at radius 2 is 2.00 bits per heavy atom. The van der Waals surface area contributed by atoms with Crippen molar-refractivity contribution in [3.05, 3.63) is 52.8 Å². The molecule has 2 heterocycles. The summed E-state index contributed by atoms with van der Waals surface area (Å²) in [5.74, 6) is 1.25. The highest BCUT2D eigenvalue weighted by atomic mass is 35.5. The topological polar surface area (TPSA) is 40.7 Å². The molecule has 2 N–H and O–H groups in total. The maximum Gasteiger partial charge on any atom is 0.130 e. The predicted molar refractivity (Wildman–Crippen MR) is 89.7 cm³/mol. The fraction of sp³-hybridized carbons (Fsp3) is 0.235. The minimum Gasteiger partial charge on any atom is -0.361 e. The van der Waals surface area contributed by atoms with E-state index in [4.69, 9.17) is 11.6 Å². The molecule has 0 bridgehead atoms. The van der Waals surface area contributed by atoms with E-state index in [2.05, 4.69) is 42.1 Å². The van der Waals surface area contributed by atoms with Gasteiger partial charge >= 0.3 is 0 Å². The van der Waals surface area contributed by atoms with Crippen LogP contribution < -0.4 is 5.32 Å². The van der Waals surface area contributed by atoms with E-state index in [1.807, 2.05) is 30.5 Å². The maximum absolute atomic E-state index is 6.18. The van der Waals surface area contributed by atoms with Crippen molar-refractivity contribution >= 4 is 34.0 Å². The molecule has 3 rings (SSSR count). The standard InChI is InChI=1S/C17H18ClN3/c1-10(2)14-6-11(3)7-17(20-14)21-16-9-12(18)8-15-13(16)4-5-19-15/h4-10,19H,1-3H3,(H,20,21). The van der Waals surface area contributed by atoms with Crippen LogP contribution in [0.1, 0.15) is 31.0 Å². The lowest BCUT2D eigenvalue weighted by atomic mass is 10.1. The van der Waals surface area contributed by atoms with E-state index < -0.39 is 0 Å². The van der Waals surface area contributed by atoms with E-state index >= 15 is 0 Å². The highest BCUT2D eigenvalue weighted by Crippen LogP contribution is 2.30. The lowest BCUT2D eigenvalue weighted by Crippen LogP contribution is -2.00. The Morgan fingerprint density at radius 1 is 1.19 bits per heavy atom. The second kappa shape index (κ2) is 5.41. The molecule has 2 aromatic heterocycles. The SMILES string of the molecule is Cc1cc(Nc2cc(Cl)cc3[nH]ccc23)nc(C(C)C)c1. The number of H-pyrrole nitrogens is 1. The predicted octanol–water partition coefficient (Wildman–Crippen LogP) is 5.39. The number of hydrogen-bond donors (Lipinski definition) is 2. The molecule has 108 valence electrons. The monoisotopic (exact) mass is 299 g/mol. The van der Waals surface area contributed by atoms with Crippen LogP contribution in [0, 0.1) is 6.92 Å². The van der Waals surface area contributed by atoms with Gasteiger partial charge in [0.05, 0.1) is 5.69 Å². The molecule has 0 spiro atoms. The number of hydrogen-bond acceptors (Lipinski definition) is 2. The van der Waals surface area contributed by atoms with Crippen molar-refractivity contribution < 1.29 is 0 Å². The fourth-order valence-electron chi connectivity index (χ4n) is 2.43. The van der Waals surface area contributed by atoms with Crippen LogP contribution >= 0.6 is 11.6 Å². The summed E-state index contributed by atoms with van der Waals surface area (Å²) in [6.45, 7) is 6.38. The smallest absolute Gasteiger partial charge is 0.130 e. The van der Waals surface area contributed by atoms with Crippen LogP contribution in [-0.2, 0) is 0 Å². The normalized spacial score (nSPS) is 11.3. The van der Waals surface area contributed by atoms with E-state index in [1.165, 1.54) is 5.56 Å². The number of anilines is 2. The van der Waals surface area contributed by atoms with Crippen molar-refractivity contribution in [1.82, 2.24) is 9.97 Å². The first-order valence-corrected chi connectivity index (χ1v) is 7.43. The van der Waals surface area contributed by atoms with E-state index in [0.29, 0.717) is 10.9 Å². The van der Waals surface area contributed by atoms with E-state index in [-0.39, 0.29) is 0 Å². The highest BCUT2D eigenvalue weighted by Gasteiger charge is 2.08. The zero-order valence-corrected chi connectivity index (χ0v) is 13.1. The number of benzene rings is 1. The van der Waals surface area contributed by atoms with Gasteiger partial charge in [0, 0.05) is 27.8 Å². The van der Waals surface area contributed by atoms with E-state index in [0.717, 1.165) is 28.1 Å². The lowest BCUT2D eigenvalue weighted by molar-refractivity contribution is 0.822. The number of halogens is 1. The number of aromatic amines is 1. The molecule has 0 radical (unpaired) electrons. The lowest BCUT2D eigenvalue weighted by Gasteiger charge is -2.12. The largest absolute Gasteiger partial charge is 0.361 e. The number of aryl methyl sites for hydroxylation is 1. The average molecular weight is 300 g/mol. The van der Waals surface area contributed by atoms with Gasteiger partial charge in [-0.3, -0.25) is 0 Å². The molecule has 0 aliphatic rings. The Kier molecular flexibility index (Phi) is 3.60. The van der Waals surface area contributed by atoms with Crippen molar-refractivity contribution in [2.24, 2.45) is 0 Å². The Labute approximate surface area is 129 Å². The third kappa shape index (κ3) is 2.88. The molecule has 3 aromatic rings. The fourth-order valence-corrected chi connectivity index (χ4v) is 2.65. The number of nitrogens with one attached hydrogen (secondary N) is 2. The van der Waals surface area contributed by atoms with Crippen LogP contribution in [0.3, 0.4) is 0 Å². The zero-order chi connectivity index (χ0) is 15.0. The molecule has 0 amide bonds. The molecule has 0 aliphatic heterocycles.